The third-order valence-electron chi connectivity index (χ3n) is 3.32. The molecule has 2 aromatic carbocycles. The molecule has 0 saturated carbocycles. The average molecular weight is 312 g/mol. The van der Waals surface area contributed by atoms with Gasteiger partial charge in [0.1, 0.15) is 23.8 Å². The van der Waals surface area contributed by atoms with Gasteiger partial charge in [-0.05, 0) is 25.1 Å². The molecule has 0 unspecified atom stereocenters. The summed E-state index contributed by atoms with van der Waals surface area (Å²) in [5, 5.41) is 0.588. The third-order valence-corrected chi connectivity index (χ3v) is 3.32. The van der Waals surface area contributed by atoms with Crippen molar-refractivity contribution in [3.63, 3.8) is 0 Å². The molecule has 4 nitrogen and oxygen atoms in total. The number of hydrogen-bond donors (Lipinski definition) is 0. The first-order valence-electron chi connectivity index (χ1n) is 6.99. The summed E-state index contributed by atoms with van der Waals surface area (Å²) in [5.74, 6) is -0.135. The summed E-state index contributed by atoms with van der Waals surface area (Å²) in [6.45, 7) is 1.35. The first-order chi connectivity index (χ1) is 11.0. The van der Waals surface area contributed by atoms with E-state index < -0.39 is 11.4 Å². The number of rotatable bonds is 4. The van der Waals surface area contributed by atoms with Crippen LogP contribution in [0, 0.1) is 5.82 Å². The minimum atomic E-state index is -0.584. The van der Waals surface area contributed by atoms with E-state index in [2.05, 4.69) is 0 Å². The minimum absolute atomic E-state index is 0.0667. The molecular formula is C18H13FO4. The van der Waals surface area contributed by atoms with Crippen LogP contribution in [0.5, 0.6) is 5.75 Å². The van der Waals surface area contributed by atoms with Crippen molar-refractivity contribution < 1.29 is 18.3 Å². The maximum atomic E-state index is 14.0. The minimum Gasteiger partial charge on any atom is -0.486 e. The Morgan fingerprint density at radius 3 is 2.65 bits per heavy atom. The van der Waals surface area contributed by atoms with E-state index in [0.29, 0.717) is 22.3 Å². The fraction of sp³-hybridized carbons (Fsp3) is 0.111. The number of carbonyl (C=O) groups is 1. The topological polar surface area (TPSA) is 56.5 Å². The molecule has 0 fully saturated rings. The molecule has 3 aromatic rings. The highest BCUT2D eigenvalue weighted by Crippen LogP contribution is 2.31. The van der Waals surface area contributed by atoms with Crippen LogP contribution in [-0.2, 0) is 4.79 Å². The fourth-order valence-electron chi connectivity index (χ4n) is 2.32. The lowest BCUT2D eigenvalue weighted by Gasteiger charge is -2.09. The highest BCUT2D eigenvalue weighted by Gasteiger charge is 2.12. The van der Waals surface area contributed by atoms with Crippen LogP contribution in [0.2, 0.25) is 0 Å². The summed E-state index contributed by atoms with van der Waals surface area (Å²) in [6.07, 6.45) is 0. The largest absolute Gasteiger partial charge is 0.486 e. The number of hydrogen-bond acceptors (Lipinski definition) is 4. The zero-order chi connectivity index (χ0) is 16.4. The number of Topliss-reactive ketones (excluding diaryl/α,β-unsaturated/α-hetero) is 1. The molecule has 0 aliphatic heterocycles. The van der Waals surface area contributed by atoms with Crippen LogP contribution in [0.4, 0.5) is 4.39 Å². The maximum absolute atomic E-state index is 14.0. The van der Waals surface area contributed by atoms with Crippen molar-refractivity contribution >= 4 is 16.8 Å². The maximum Gasteiger partial charge on any atom is 0.336 e. The Labute approximate surface area is 131 Å². The molecule has 0 aliphatic carbocycles. The summed E-state index contributed by atoms with van der Waals surface area (Å²) in [7, 11) is 0. The van der Waals surface area contributed by atoms with E-state index in [4.69, 9.17) is 9.15 Å². The number of ketones is 1. The van der Waals surface area contributed by atoms with Crippen LogP contribution >= 0.6 is 0 Å². The number of ether oxygens (including phenoxy) is 1. The molecule has 0 atom stereocenters. The molecule has 23 heavy (non-hydrogen) atoms. The molecule has 5 heteroatoms. The Kier molecular flexibility index (Phi) is 3.93. The molecule has 0 saturated heterocycles. The quantitative estimate of drug-likeness (QED) is 0.691. The van der Waals surface area contributed by atoms with E-state index in [9.17, 15) is 14.0 Å². The lowest BCUT2D eigenvalue weighted by atomic mass is 10.0. The lowest BCUT2D eigenvalue weighted by Crippen LogP contribution is -2.06. The van der Waals surface area contributed by atoms with Crippen LogP contribution in [0.1, 0.15) is 6.92 Å². The summed E-state index contributed by atoms with van der Waals surface area (Å²) < 4.78 is 24.5. The second-order valence-electron chi connectivity index (χ2n) is 5.11. The van der Waals surface area contributed by atoms with Gasteiger partial charge in [0.15, 0.2) is 5.78 Å². The predicted molar refractivity (Wildman–Crippen MR) is 84.1 cm³/mol. The van der Waals surface area contributed by atoms with Gasteiger partial charge in [-0.3, -0.25) is 4.79 Å². The van der Waals surface area contributed by atoms with Gasteiger partial charge in [0, 0.05) is 28.6 Å². The van der Waals surface area contributed by atoms with Gasteiger partial charge in [0.05, 0.1) is 0 Å². The normalized spacial score (nSPS) is 10.7. The van der Waals surface area contributed by atoms with Crippen molar-refractivity contribution in [2.45, 2.75) is 6.92 Å². The molecule has 1 aromatic heterocycles. The van der Waals surface area contributed by atoms with Gasteiger partial charge < -0.3 is 9.15 Å². The van der Waals surface area contributed by atoms with E-state index in [1.54, 1.807) is 30.3 Å². The van der Waals surface area contributed by atoms with Crippen LogP contribution in [0.15, 0.2) is 57.7 Å². The Bertz CT molecular complexity index is 943. The van der Waals surface area contributed by atoms with Crippen LogP contribution in [0.25, 0.3) is 22.1 Å². The van der Waals surface area contributed by atoms with E-state index in [0.717, 1.165) is 0 Å². The van der Waals surface area contributed by atoms with E-state index in [1.165, 1.54) is 25.1 Å². The summed E-state index contributed by atoms with van der Waals surface area (Å²) in [4.78, 5) is 22.8. The monoisotopic (exact) mass is 312 g/mol. The Morgan fingerprint density at radius 2 is 1.91 bits per heavy atom. The molecular weight excluding hydrogens is 299 g/mol. The number of benzene rings is 2. The Balaban J connectivity index is 2.15. The zero-order valence-electron chi connectivity index (χ0n) is 12.3. The Hall–Kier alpha value is -2.95. The van der Waals surface area contributed by atoms with Crippen molar-refractivity contribution in [1.82, 2.24) is 0 Å². The molecule has 0 aliphatic rings. The highest BCUT2D eigenvalue weighted by atomic mass is 19.1. The van der Waals surface area contributed by atoms with E-state index in [1.807, 2.05) is 0 Å². The molecule has 0 radical (unpaired) electrons. The summed E-state index contributed by atoms with van der Waals surface area (Å²) in [5.41, 5.74) is 0.464. The second-order valence-corrected chi connectivity index (χ2v) is 5.11. The van der Waals surface area contributed by atoms with Gasteiger partial charge in [-0.2, -0.15) is 0 Å². The number of carbonyl (C=O) groups excluding carboxylic acids is 1. The van der Waals surface area contributed by atoms with Crippen molar-refractivity contribution in [2.75, 3.05) is 6.61 Å². The molecule has 1 heterocycles. The molecule has 0 spiro atoms. The predicted octanol–water partition coefficient (Wildman–Crippen LogP) is 3.57. The highest BCUT2D eigenvalue weighted by molar-refractivity contribution is 5.93. The zero-order valence-corrected chi connectivity index (χ0v) is 12.3. The number of halogens is 1. The van der Waals surface area contributed by atoms with Crippen molar-refractivity contribution in [3.05, 3.63) is 64.8 Å². The van der Waals surface area contributed by atoms with Gasteiger partial charge in [0.2, 0.25) is 0 Å². The SMILES string of the molecule is CC(=O)COc1ccc2c(-c3ccccc3F)cc(=O)oc2c1. The summed E-state index contributed by atoms with van der Waals surface area (Å²) in [6, 6.07) is 12.3. The molecule has 0 bridgehead atoms. The van der Waals surface area contributed by atoms with E-state index in [-0.39, 0.29) is 18.0 Å². The fourth-order valence-corrected chi connectivity index (χ4v) is 2.32. The summed E-state index contributed by atoms with van der Waals surface area (Å²) >= 11 is 0. The Morgan fingerprint density at radius 1 is 1.13 bits per heavy atom. The number of fused-ring (bicyclic) bond motifs is 1. The van der Waals surface area contributed by atoms with Crippen molar-refractivity contribution in [2.24, 2.45) is 0 Å². The van der Waals surface area contributed by atoms with Crippen molar-refractivity contribution in [1.29, 1.82) is 0 Å². The molecule has 0 N–H and O–H groups in total. The van der Waals surface area contributed by atoms with Crippen LogP contribution in [-0.4, -0.2) is 12.4 Å². The lowest BCUT2D eigenvalue weighted by molar-refractivity contribution is -0.118. The van der Waals surface area contributed by atoms with Gasteiger partial charge in [0.25, 0.3) is 0 Å². The van der Waals surface area contributed by atoms with Crippen molar-refractivity contribution in [3.8, 4) is 16.9 Å². The molecule has 116 valence electrons. The smallest absolute Gasteiger partial charge is 0.336 e. The molecule has 3 rings (SSSR count). The van der Waals surface area contributed by atoms with Gasteiger partial charge in [-0.25, -0.2) is 9.18 Å². The van der Waals surface area contributed by atoms with Crippen LogP contribution < -0.4 is 10.4 Å². The molecule has 0 amide bonds. The second kappa shape index (κ2) is 6.04. The first kappa shape index (κ1) is 15.0. The van der Waals surface area contributed by atoms with Gasteiger partial charge in [-0.1, -0.05) is 18.2 Å². The third kappa shape index (κ3) is 3.13. The van der Waals surface area contributed by atoms with E-state index >= 15 is 0 Å². The average Bonchev–Trinajstić information content (AvgIpc) is 2.52. The first-order valence-corrected chi connectivity index (χ1v) is 6.99. The van der Waals surface area contributed by atoms with Gasteiger partial charge in [-0.15, -0.1) is 0 Å². The van der Waals surface area contributed by atoms with Crippen LogP contribution in [0.3, 0.4) is 0 Å². The van der Waals surface area contributed by atoms with Gasteiger partial charge >= 0.3 is 5.63 Å². The standard InChI is InChI=1S/C18H13FO4/c1-11(20)10-22-12-6-7-14-15(9-18(21)23-17(14)8-12)13-4-2-3-5-16(13)19/h2-9H,10H2,1H3.